The lowest BCUT2D eigenvalue weighted by atomic mass is 9.95. The van der Waals surface area contributed by atoms with Crippen LogP contribution in [0.2, 0.25) is 0 Å². The van der Waals surface area contributed by atoms with E-state index in [0.717, 1.165) is 16.9 Å². The first-order valence-electron chi connectivity index (χ1n) is 8.30. The maximum absolute atomic E-state index is 10.6. The van der Waals surface area contributed by atoms with E-state index in [1.807, 2.05) is 32.9 Å². The minimum absolute atomic E-state index is 0.160. The highest BCUT2D eigenvalue weighted by Crippen LogP contribution is 2.39. The van der Waals surface area contributed by atoms with Crippen molar-refractivity contribution in [3.05, 3.63) is 35.0 Å². The van der Waals surface area contributed by atoms with Crippen molar-refractivity contribution in [3.8, 4) is 11.5 Å². The van der Waals surface area contributed by atoms with Gasteiger partial charge in [-0.2, -0.15) is 4.98 Å². The number of β-amino-alcohol motifs (C(OH)–C–C–N with tert-alkyl or cyclic N) is 1. The smallest absolute Gasteiger partial charge is 0.240 e. The predicted molar refractivity (Wildman–Crippen MR) is 91.6 cm³/mol. The van der Waals surface area contributed by atoms with Crippen LogP contribution in [0.25, 0.3) is 0 Å². The van der Waals surface area contributed by atoms with E-state index in [4.69, 9.17) is 14.0 Å². The molecule has 1 N–H and O–H groups in total. The fourth-order valence-corrected chi connectivity index (χ4v) is 3.08. The normalized spacial score (nSPS) is 18.1. The number of fused-ring (bicyclic) bond motifs is 1. The van der Waals surface area contributed by atoms with Crippen LogP contribution in [0.1, 0.15) is 49.7 Å². The molecule has 0 bridgehead atoms. The summed E-state index contributed by atoms with van der Waals surface area (Å²) in [7, 11) is 3.23. The summed E-state index contributed by atoms with van der Waals surface area (Å²) in [5.74, 6) is 2.64. The average Bonchev–Trinajstić information content (AvgIpc) is 3.02. The van der Waals surface area contributed by atoms with Crippen LogP contribution < -0.4 is 9.47 Å². The Hall–Kier alpha value is -2.12. The minimum Gasteiger partial charge on any atom is -0.496 e. The van der Waals surface area contributed by atoms with Crippen LogP contribution in [-0.2, 0) is 18.5 Å². The molecule has 0 radical (unpaired) electrons. The molecule has 1 aliphatic heterocycles. The van der Waals surface area contributed by atoms with Crippen LogP contribution in [0, 0.1) is 0 Å². The van der Waals surface area contributed by atoms with Gasteiger partial charge in [-0.1, -0.05) is 25.9 Å². The molecule has 3 rings (SSSR count). The summed E-state index contributed by atoms with van der Waals surface area (Å²) in [6.07, 6.45) is -0.668. The summed E-state index contributed by atoms with van der Waals surface area (Å²) < 4.78 is 16.2. The van der Waals surface area contributed by atoms with Crippen LogP contribution in [0.5, 0.6) is 11.5 Å². The van der Waals surface area contributed by atoms with Gasteiger partial charge in [0.2, 0.25) is 5.89 Å². The Labute approximate surface area is 147 Å². The summed E-state index contributed by atoms with van der Waals surface area (Å²) in [6, 6.07) is 3.68. The molecule has 0 saturated heterocycles. The topological polar surface area (TPSA) is 80.9 Å². The number of ether oxygens (including phenoxy) is 2. The Morgan fingerprint density at radius 1 is 1.24 bits per heavy atom. The fourth-order valence-electron chi connectivity index (χ4n) is 3.08. The second-order valence-corrected chi connectivity index (χ2v) is 7.31. The summed E-state index contributed by atoms with van der Waals surface area (Å²) in [4.78, 5) is 6.54. The number of hydrogen-bond donors (Lipinski definition) is 1. The highest BCUT2D eigenvalue weighted by Gasteiger charge is 2.31. The van der Waals surface area contributed by atoms with Gasteiger partial charge >= 0.3 is 0 Å². The molecule has 2 heterocycles. The average molecular weight is 347 g/mol. The molecule has 1 atom stereocenters. The number of aromatic nitrogens is 2. The van der Waals surface area contributed by atoms with E-state index in [2.05, 4.69) is 15.0 Å². The van der Waals surface area contributed by atoms with E-state index in [-0.39, 0.29) is 5.41 Å². The van der Waals surface area contributed by atoms with Crippen LogP contribution >= 0.6 is 0 Å². The van der Waals surface area contributed by atoms with Gasteiger partial charge in [0, 0.05) is 29.6 Å². The van der Waals surface area contributed by atoms with Crippen molar-refractivity contribution in [2.75, 3.05) is 20.8 Å². The lowest BCUT2D eigenvalue weighted by molar-refractivity contribution is 0.0779. The summed E-state index contributed by atoms with van der Waals surface area (Å²) in [5.41, 5.74) is 1.56. The molecule has 1 aromatic heterocycles. The van der Waals surface area contributed by atoms with Gasteiger partial charge in [-0.25, -0.2) is 0 Å². The zero-order valence-corrected chi connectivity index (χ0v) is 15.4. The van der Waals surface area contributed by atoms with E-state index in [9.17, 15) is 5.11 Å². The number of benzene rings is 1. The molecule has 0 amide bonds. The van der Waals surface area contributed by atoms with E-state index < -0.39 is 6.10 Å². The first kappa shape index (κ1) is 17.7. The summed E-state index contributed by atoms with van der Waals surface area (Å²) in [5, 5.41) is 14.7. The highest BCUT2D eigenvalue weighted by atomic mass is 16.5. The van der Waals surface area contributed by atoms with Crippen LogP contribution in [0.15, 0.2) is 16.7 Å². The molecule has 0 saturated carbocycles. The molecule has 0 spiro atoms. The molecule has 1 aromatic carbocycles. The van der Waals surface area contributed by atoms with Crippen molar-refractivity contribution in [1.82, 2.24) is 15.0 Å². The third kappa shape index (κ3) is 3.48. The van der Waals surface area contributed by atoms with Crippen molar-refractivity contribution in [3.63, 3.8) is 0 Å². The van der Waals surface area contributed by atoms with Crippen LogP contribution in [0.3, 0.4) is 0 Å². The van der Waals surface area contributed by atoms with E-state index >= 15 is 0 Å². The van der Waals surface area contributed by atoms with Gasteiger partial charge in [0.1, 0.15) is 11.5 Å². The van der Waals surface area contributed by atoms with Crippen LogP contribution in [-0.4, -0.2) is 40.9 Å². The summed E-state index contributed by atoms with van der Waals surface area (Å²) in [6.45, 7) is 7.67. The predicted octanol–water partition coefficient (Wildman–Crippen LogP) is 2.43. The Morgan fingerprint density at radius 2 is 1.92 bits per heavy atom. The quantitative estimate of drug-likeness (QED) is 0.909. The minimum atomic E-state index is -0.668. The Bertz CT molecular complexity index is 751. The molecule has 136 valence electrons. The molecular formula is C18H25N3O4. The summed E-state index contributed by atoms with van der Waals surface area (Å²) >= 11 is 0. The number of aliphatic hydroxyl groups is 1. The Balaban J connectivity index is 1.85. The number of aliphatic hydroxyl groups excluding tert-OH is 1. The number of hydrogen-bond acceptors (Lipinski definition) is 7. The SMILES string of the molecule is COc1ccc(OC)c2c1CN(Cc1nc(C(C)(C)C)no1)C[C@H]2O. The molecule has 25 heavy (non-hydrogen) atoms. The number of methoxy groups -OCH3 is 2. The Morgan fingerprint density at radius 3 is 2.52 bits per heavy atom. The monoisotopic (exact) mass is 347 g/mol. The number of rotatable bonds is 4. The molecule has 2 aromatic rings. The fraction of sp³-hybridized carbons (Fsp3) is 0.556. The molecule has 0 aliphatic carbocycles. The zero-order valence-electron chi connectivity index (χ0n) is 15.4. The van der Waals surface area contributed by atoms with Gasteiger partial charge in [-0.3, -0.25) is 4.90 Å². The largest absolute Gasteiger partial charge is 0.496 e. The van der Waals surface area contributed by atoms with Gasteiger partial charge in [0.15, 0.2) is 5.82 Å². The first-order valence-corrected chi connectivity index (χ1v) is 8.30. The maximum atomic E-state index is 10.6. The Kier molecular flexibility index (Phi) is 4.71. The second-order valence-electron chi connectivity index (χ2n) is 7.31. The van der Waals surface area contributed by atoms with Gasteiger partial charge in [0.25, 0.3) is 0 Å². The van der Waals surface area contributed by atoms with Gasteiger partial charge < -0.3 is 19.1 Å². The van der Waals surface area contributed by atoms with Crippen LogP contribution in [0.4, 0.5) is 0 Å². The third-order valence-corrected chi connectivity index (χ3v) is 4.36. The van der Waals surface area contributed by atoms with Gasteiger partial charge in [0.05, 0.1) is 26.9 Å². The number of nitrogens with zero attached hydrogens (tertiary/aromatic N) is 3. The zero-order chi connectivity index (χ0) is 18.2. The third-order valence-electron chi connectivity index (χ3n) is 4.36. The molecule has 7 heteroatoms. The lowest BCUT2D eigenvalue weighted by Crippen LogP contribution is -2.34. The van der Waals surface area contributed by atoms with Gasteiger partial charge in [-0.05, 0) is 12.1 Å². The van der Waals surface area contributed by atoms with Crippen molar-refractivity contribution in [1.29, 1.82) is 0 Å². The molecule has 0 fully saturated rings. The lowest BCUT2D eigenvalue weighted by Gasteiger charge is -2.33. The first-order chi connectivity index (χ1) is 11.8. The van der Waals surface area contributed by atoms with E-state index in [1.165, 1.54) is 0 Å². The maximum Gasteiger partial charge on any atom is 0.240 e. The molecule has 7 nitrogen and oxygen atoms in total. The molecular weight excluding hydrogens is 322 g/mol. The van der Waals surface area contributed by atoms with E-state index in [0.29, 0.717) is 37.1 Å². The molecule has 0 unspecified atom stereocenters. The molecule has 1 aliphatic rings. The standard InChI is InChI=1S/C18H25N3O4/c1-18(2,3)17-19-15(25-20-17)10-21-8-11-13(23-4)6-7-14(24-5)16(11)12(22)9-21/h6-7,12,22H,8-10H2,1-5H3/t12-/m1/s1. The highest BCUT2D eigenvalue weighted by molar-refractivity contribution is 5.51. The van der Waals surface area contributed by atoms with Gasteiger partial charge in [-0.15, -0.1) is 0 Å². The van der Waals surface area contributed by atoms with Crippen molar-refractivity contribution in [2.45, 2.75) is 45.4 Å². The van der Waals surface area contributed by atoms with Crippen molar-refractivity contribution < 1.29 is 19.1 Å². The van der Waals surface area contributed by atoms with Crippen molar-refractivity contribution >= 4 is 0 Å². The second kappa shape index (κ2) is 6.65. The van der Waals surface area contributed by atoms with E-state index in [1.54, 1.807) is 14.2 Å². The van der Waals surface area contributed by atoms with Crippen molar-refractivity contribution in [2.24, 2.45) is 0 Å².